The van der Waals surface area contributed by atoms with Crippen LogP contribution in [0.5, 0.6) is 0 Å². The summed E-state index contributed by atoms with van der Waals surface area (Å²) in [6.07, 6.45) is 2.45. The van der Waals surface area contributed by atoms with Gasteiger partial charge in [0.05, 0.1) is 12.0 Å². The summed E-state index contributed by atoms with van der Waals surface area (Å²) in [5, 5.41) is 18.1. The maximum absolute atomic E-state index is 10.6. The van der Waals surface area contributed by atoms with Gasteiger partial charge >= 0.3 is 5.97 Å². The van der Waals surface area contributed by atoms with Crippen molar-refractivity contribution in [2.45, 2.75) is 25.4 Å². The molecule has 1 unspecified atom stereocenters. The Morgan fingerprint density at radius 1 is 1.36 bits per heavy atom. The van der Waals surface area contributed by atoms with Crippen molar-refractivity contribution >= 4 is 5.97 Å². The van der Waals surface area contributed by atoms with Crippen LogP contribution in [-0.4, -0.2) is 22.3 Å². The number of aliphatic carboxylic acids is 1. The van der Waals surface area contributed by atoms with Gasteiger partial charge in [0.15, 0.2) is 0 Å². The molecule has 0 radical (unpaired) electrons. The summed E-state index contributed by atoms with van der Waals surface area (Å²) < 4.78 is 0. The number of carbonyl (C=O) groups is 1. The molecule has 2 saturated carbocycles. The Balaban J connectivity index is 2.05. The highest BCUT2D eigenvalue weighted by Crippen LogP contribution is 2.55. The van der Waals surface area contributed by atoms with Crippen LogP contribution in [0.4, 0.5) is 0 Å². The minimum atomic E-state index is -0.721. The monoisotopic (exact) mass is 156 g/mol. The molecule has 3 heteroatoms. The summed E-state index contributed by atoms with van der Waals surface area (Å²) in [4.78, 5) is 10.6. The fourth-order valence-corrected chi connectivity index (χ4v) is 2.40. The van der Waals surface area contributed by atoms with Crippen molar-refractivity contribution < 1.29 is 15.0 Å². The Labute approximate surface area is 65.0 Å². The predicted molar refractivity (Wildman–Crippen MR) is 38.0 cm³/mol. The van der Waals surface area contributed by atoms with Gasteiger partial charge in [-0.1, -0.05) is 6.42 Å². The zero-order chi connectivity index (χ0) is 8.01. The second-order valence-corrected chi connectivity index (χ2v) is 3.60. The lowest BCUT2D eigenvalue weighted by atomic mass is 9.98. The van der Waals surface area contributed by atoms with E-state index in [1.807, 2.05) is 0 Å². The first-order valence-electron chi connectivity index (χ1n) is 4.12. The van der Waals surface area contributed by atoms with E-state index in [1.165, 1.54) is 0 Å². The number of aliphatic hydroxyl groups excluding tert-OH is 1. The second kappa shape index (κ2) is 2.21. The van der Waals surface area contributed by atoms with Gasteiger partial charge in [0.25, 0.3) is 0 Å². The lowest BCUT2D eigenvalue weighted by Crippen LogP contribution is -2.15. The number of carboxylic acid groups (broad SMARTS) is 1. The molecule has 3 nitrogen and oxygen atoms in total. The maximum atomic E-state index is 10.6. The lowest BCUT2D eigenvalue weighted by molar-refractivity contribution is -0.139. The molecule has 0 aliphatic heterocycles. The molecule has 11 heavy (non-hydrogen) atoms. The molecule has 0 aromatic carbocycles. The number of aliphatic hydroxyl groups is 1. The molecule has 0 aromatic heterocycles. The Bertz CT molecular complexity index is 190. The highest BCUT2D eigenvalue weighted by Gasteiger charge is 2.59. The zero-order valence-electron chi connectivity index (χ0n) is 6.23. The average molecular weight is 156 g/mol. The van der Waals surface area contributed by atoms with Crippen molar-refractivity contribution in [2.75, 3.05) is 0 Å². The molecule has 4 atom stereocenters. The zero-order valence-corrected chi connectivity index (χ0v) is 6.23. The van der Waals surface area contributed by atoms with Crippen LogP contribution in [0.2, 0.25) is 0 Å². The summed E-state index contributed by atoms with van der Waals surface area (Å²) in [6.45, 7) is 0. The molecule has 0 saturated heterocycles. The van der Waals surface area contributed by atoms with Gasteiger partial charge in [0.1, 0.15) is 0 Å². The van der Waals surface area contributed by atoms with E-state index in [4.69, 9.17) is 5.11 Å². The molecule has 2 aliphatic carbocycles. The third-order valence-corrected chi connectivity index (χ3v) is 3.00. The quantitative estimate of drug-likeness (QED) is 0.580. The lowest BCUT2D eigenvalue weighted by Gasteiger charge is -2.13. The molecule has 0 heterocycles. The van der Waals surface area contributed by atoms with Gasteiger partial charge in [-0.25, -0.2) is 0 Å². The number of fused-ring (bicyclic) bond motifs is 1. The average Bonchev–Trinajstić information content (AvgIpc) is 2.62. The minimum Gasteiger partial charge on any atom is -0.481 e. The highest BCUT2D eigenvalue weighted by molar-refractivity contribution is 5.74. The van der Waals surface area contributed by atoms with Crippen molar-refractivity contribution in [1.29, 1.82) is 0 Å². The fourth-order valence-electron chi connectivity index (χ4n) is 2.40. The number of hydrogen-bond acceptors (Lipinski definition) is 2. The molecule has 0 bridgehead atoms. The second-order valence-electron chi connectivity index (χ2n) is 3.60. The first-order valence-corrected chi connectivity index (χ1v) is 4.12. The minimum absolute atomic E-state index is 0.0845. The van der Waals surface area contributed by atoms with E-state index in [9.17, 15) is 9.90 Å². The molecule has 62 valence electrons. The topological polar surface area (TPSA) is 57.5 Å². The Morgan fingerprint density at radius 3 is 2.64 bits per heavy atom. The third-order valence-electron chi connectivity index (χ3n) is 3.00. The van der Waals surface area contributed by atoms with Crippen molar-refractivity contribution in [3.63, 3.8) is 0 Å². The SMILES string of the molecule is O=C(O)[C@H]1[C@@H]2CCCC(O)[C@@H]21. The van der Waals surface area contributed by atoms with Crippen LogP contribution < -0.4 is 0 Å². The predicted octanol–water partition coefficient (Wildman–Crippen LogP) is 0.478. The molecule has 2 rings (SSSR count). The van der Waals surface area contributed by atoms with Crippen LogP contribution in [-0.2, 0) is 4.79 Å². The van der Waals surface area contributed by atoms with E-state index in [0.29, 0.717) is 0 Å². The van der Waals surface area contributed by atoms with Crippen LogP contribution in [0, 0.1) is 17.8 Å². The molecule has 0 aromatic rings. The molecular formula is C8H12O3. The third kappa shape index (κ3) is 0.948. The maximum Gasteiger partial charge on any atom is 0.307 e. The van der Waals surface area contributed by atoms with Gasteiger partial charge in [-0.05, 0) is 18.8 Å². The van der Waals surface area contributed by atoms with Gasteiger partial charge in [-0.3, -0.25) is 4.79 Å². The van der Waals surface area contributed by atoms with Gasteiger partial charge in [0, 0.05) is 5.92 Å². The molecule has 2 fully saturated rings. The normalized spacial score (nSPS) is 48.1. The number of rotatable bonds is 1. The number of hydrogen-bond donors (Lipinski definition) is 2. The molecular weight excluding hydrogens is 144 g/mol. The van der Waals surface area contributed by atoms with E-state index < -0.39 is 5.97 Å². The standard InChI is InChI=1S/C8H12O3/c9-5-3-1-2-4-6(5)7(4)8(10)11/h4-7,9H,1-3H2,(H,10,11)/t4-,5?,6-,7+/m1/s1. The summed E-state index contributed by atoms with van der Waals surface area (Å²) >= 11 is 0. The van der Waals surface area contributed by atoms with Gasteiger partial charge in [-0.15, -0.1) is 0 Å². The Morgan fingerprint density at radius 2 is 2.09 bits per heavy atom. The van der Waals surface area contributed by atoms with Crippen LogP contribution in [0.1, 0.15) is 19.3 Å². The van der Waals surface area contributed by atoms with Crippen molar-refractivity contribution in [3.05, 3.63) is 0 Å². The molecule has 2 N–H and O–H groups in total. The van der Waals surface area contributed by atoms with Gasteiger partial charge in [0.2, 0.25) is 0 Å². The largest absolute Gasteiger partial charge is 0.481 e. The van der Waals surface area contributed by atoms with Crippen molar-refractivity contribution in [3.8, 4) is 0 Å². The van der Waals surface area contributed by atoms with Crippen LogP contribution >= 0.6 is 0 Å². The molecule has 0 spiro atoms. The first kappa shape index (κ1) is 7.10. The molecule has 0 amide bonds. The van der Waals surface area contributed by atoms with Crippen LogP contribution in [0.15, 0.2) is 0 Å². The first-order chi connectivity index (χ1) is 5.22. The summed E-state index contributed by atoms with van der Waals surface area (Å²) in [5.41, 5.74) is 0. The van der Waals surface area contributed by atoms with E-state index in [0.717, 1.165) is 19.3 Å². The van der Waals surface area contributed by atoms with Crippen molar-refractivity contribution in [1.82, 2.24) is 0 Å². The number of carboxylic acids is 1. The highest BCUT2D eigenvalue weighted by atomic mass is 16.4. The van der Waals surface area contributed by atoms with Crippen molar-refractivity contribution in [2.24, 2.45) is 17.8 Å². The van der Waals surface area contributed by atoms with E-state index in [1.54, 1.807) is 0 Å². The van der Waals surface area contributed by atoms with E-state index >= 15 is 0 Å². The summed E-state index contributed by atoms with van der Waals surface area (Å²) in [5.74, 6) is -0.578. The van der Waals surface area contributed by atoms with Gasteiger partial charge in [-0.2, -0.15) is 0 Å². The van der Waals surface area contributed by atoms with Crippen LogP contribution in [0.25, 0.3) is 0 Å². The fraction of sp³-hybridized carbons (Fsp3) is 0.875. The summed E-state index contributed by atoms with van der Waals surface area (Å²) in [7, 11) is 0. The van der Waals surface area contributed by atoms with Crippen LogP contribution in [0.3, 0.4) is 0 Å². The summed E-state index contributed by atoms with van der Waals surface area (Å²) in [6, 6.07) is 0. The van der Waals surface area contributed by atoms with E-state index in [-0.39, 0.29) is 23.9 Å². The molecule has 2 aliphatic rings. The van der Waals surface area contributed by atoms with E-state index in [2.05, 4.69) is 0 Å². The smallest absolute Gasteiger partial charge is 0.307 e. The Kier molecular flexibility index (Phi) is 1.42. The van der Waals surface area contributed by atoms with Gasteiger partial charge < -0.3 is 10.2 Å². The Hall–Kier alpha value is -0.570.